The Morgan fingerprint density at radius 1 is 0.551 bits per heavy atom. The predicted molar refractivity (Wildman–Crippen MR) is 209 cm³/mol. The SMILES string of the molecule is CCCCCCCCCOC(=O)CCCCCCCN(CCCO)CCCCCC(C)(C)COC(=O)CCCCC(CCCC)CCCC. The van der Waals surface area contributed by atoms with Gasteiger partial charge >= 0.3 is 11.9 Å². The van der Waals surface area contributed by atoms with Crippen LogP contribution in [0.2, 0.25) is 0 Å². The van der Waals surface area contributed by atoms with Gasteiger partial charge in [-0.3, -0.25) is 9.59 Å². The first-order valence-electron chi connectivity index (χ1n) is 21.4. The van der Waals surface area contributed by atoms with Crippen LogP contribution >= 0.6 is 0 Å². The van der Waals surface area contributed by atoms with Gasteiger partial charge in [0.2, 0.25) is 0 Å². The van der Waals surface area contributed by atoms with Crippen molar-refractivity contribution >= 4 is 11.9 Å². The van der Waals surface area contributed by atoms with Crippen molar-refractivity contribution in [1.29, 1.82) is 0 Å². The number of rotatable bonds is 38. The van der Waals surface area contributed by atoms with Crippen LogP contribution in [0.25, 0.3) is 0 Å². The molecule has 0 aliphatic heterocycles. The van der Waals surface area contributed by atoms with E-state index in [0.29, 0.717) is 26.1 Å². The van der Waals surface area contributed by atoms with Crippen LogP contribution in [0.15, 0.2) is 0 Å². The fourth-order valence-corrected chi connectivity index (χ4v) is 6.74. The predicted octanol–water partition coefficient (Wildman–Crippen LogP) is 12.0. The third kappa shape index (κ3) is 33.7. The Balaban J connectivity index is 3.97. The standard InChI is InChI=1S/C43H85NO5/c1-6-9-12-13-14-18-26-38-48-41(46)31-20-16-15-17-24-34-44(36-27-37-45)35-25-19-23-33-43(4,5)39-49-42(47)32-22-21-30-40(28-10-7-2)29-11-8-3/h40,45H,6-39H2,1-5H3. The van der Waals surface area contributed by atoms with Crippen molar-refractivity contribution in [2.24, 2.45) is 11.3 Å². The zero-order valence-corrected chi connectivity index (χ0v) is 33.6. The summed E-state index contributed by atoms with van der Waals surface area (Å²) >= 11 is 0. The van der Waals surface area contributed by atoms with E-state index in [1.165, 1.54) is 109 Å². The molecule has 0 aromatic rings. The highest BCUT2D eigenvalue weighted by Crippen LogP contribution is 2.25. The number of aliphatic hydroxyl groups is 1. The van der Waals surface area contributed by atoms with Gasteiger partial charge in [-0.25, -0.2) is 0 Å². The molecule has 0 aliphatic rings. The summed E-state index contributed by atoms with van der Waals surface area (Å²) < 4.78 is 11.1. The molecule has 1 N–H and O–H groups in total. The van der Waals surface area contributed by atoms with Crippen molar-refractivity contribution in [3.05, 3.63) is 0 Å². The number of carbonyl (C=O) groups excluding carboxylic acids is 2. The molecule has 0 fully saturated rings. The second kappa shape index (κ2) is 35.3. The topological polar surface area (TPSA) is 76.1 Å². The van der Waals surface area contributed by atoms with E-state index >= 15 is 0 Å². The van der Waals surface area contributed by atoms with Gasteiger partial charge < -0.3 is 19.5 Å². The number of esters is 2. The molecule has 0 bridgehead atoms. The zero-order chi connectivity index (χ0) is 36.3. The van der Waals surface area contributed by atoms with Gasteiger partial charge in [0.15, 0.2) is 0 Å². The molecule has 0 heterocycles. The van der Waals surface area contributed by atoms with Crippen LogP contribution in [0, 0.1) is 11.3 Å². The first-order valence-corrected chi connectivity index (χ1v) is 21.4. The average molecular weight is 696 g/mol. The maximum atomic E-state index is 12.4. The molecule has 0 atom stereocenters. The Bertz CT molecular complexity index is 719. The van der Waals surface area contributed by atoms with Gasteiger partial charge in [0.25, 0.3) is 0 Å². The van der Waals surface area contributed by atoms with Crippen LogP contribution < -0.4 is 0 Å². The summed E-state index contributed by atoms with van der Waals surface area (Å²) in [6.07, 6.45) is 32.0. The summed E-state index contributed by atoms with van der Waals surface area (Å²) in [6, 6.07) is 0. The van der Waals surface area contributed by atoms with E-state index in [2.05, 4.69) is 39.5 Å². The van der Waals surface area contributed by atoms with E-state index in [-0.39, 0.29) is 24.0 Å². The lowest BCUT2D eigenvalue weighted by atomic mass is 9.88. The van der Waals surface area contributed by atoms with Gasteiger partial charge in [-0.1, -0.05) is 157 Å². The summed E-state index contributed by atoms with van der Waals surface area (Å²) in [5, 5.41) is 9.38. The van der Waals surface area contributed by atoms with Gasteiger partial charge in [0.05, 0.1) is 13.2 Å². The molecule has 6 nitrogen and oxygen atoms in total. The van der Waals surface area contributed by atoms with Crippen molar-refractivity contribution in [3.63, 3.8) is 0 Å². The third-order valence-corrected chi connectivity index (χ3v) is 10.1. The van der Waals surface area contributed by atoms with Crippen molar-refractivity contribution in [3.8, 4) is 0 Å². The molecule has 49 heavy (non-hydrogen) atoms. The Kier molecular flexibility index (Phi) is 34.5. The van der Waals surface area contributed by atoms with Crippen LogP contribution in [0.5, 0.6) is 0 Å². The lowest BCUT2D eigenvalue weighted by Gasteiger charge is -2.25. The van der Waals surface area contributed by atoms with Gasteiger partial charge in [-0.2, -0.15) is 0 Å². The molecule has 0 aromatic heterocycles. The second-order valence-electron chi connectivity index (χ2n) is 15.8. The van der Waals surface area contributed by atoms with E-state index < -0.39 is 0 Å². The van der Waals surface area contributed by atoms with E-state index in [1.807, 2.05) is 0 Å². The molecular formula is C43H85NO5. The van der Waals surface area contributed by atoms with Crippen molar-refractivity contribution < 1.29 is 24.2 Å². The van der Waals surface area contributed by atoms with Crippen molar-refractivity contribution in [1.82, 2.24) is 4.90 Å². The number of aliphatic hydroxyl groups excluding tert-OH is 1. The maximum Gasteiger partial charge on any atom is 0.305 e. The quantitative estimate of drug-likeness (QED) is 0.0512. The van der Waals surface area contributed by atoms with Crippen LogP contribution in [0.4, 0.5) is 0 Å². The number of ether oxygens (including phenoxy) is 2. The minimum Gasteiger partial charge on any atom is -0.466 e. The van der Waals surface area contributed by atoms with Crippen LogP contribution in [-0.4, -0.2) is 61.4 Å². The Labute approximate surface area is 305 Å². The van der Waals surface area contributed by atoms with E-state index in [9.17, 15) is 14.7 Å². The van der Waals surface area contributed by atoms with Gasteiger partial charge in [-0.05, 0) is 69.4 Å². The van der Waals surface area contributed by atoms with Gasteiger partial charge in [0.1, 0.15) is 0 Å². The highest BCUT2D eigenvalue weighted by molar-refractivity contribution is 5.69. The highest BCUT2D eigenvalue weighted by atomic mass is 16.5. The maximum absolute atomic E-state index is 12.4. The molecule has 0 radical (unpaired) electrons. The number of carbonyl (C=O) groups is 2. The molecule has 0 saturated carbocycles. The summed E-state index contributed by atoms with van der Waals surface area (Å²) in [4.78, 5) is 26.9. The largest absolute Gasteiger partial charge is 0.466 e. The fourth-order valence-electron chi connectivity index (χ4n) is 6.74. The fraction of sp³-hybridized carbons (Fsp3) is 0.953. The molecule has 0 amide bonds. The van der Waals surface area contributed by atoms with Crippen LogP contribution in [0.1, 0.15) is 214 Å². The first kappa shape index (κ1) is 47.9. The number of unbranched alkanes of at least 4 members (excludes halogenated alkanes) is 15. The van der Waals surface area contributed by atoms with E-state index in [0.717, 1.165) is 83.3 Å². The lowest BCUT2D eigenvalue weighted by molar-refractivity contribution is -0.147. The van der Waals surface area contributed by atoms with Crippen molar-refractivity contribution in [2.45, 2.75) is 214 Å². The third-order valence-electron chi connectivity index (χ3n) is 10.1. The molecule has 6 heteroatoms. The Hall–Kier alpha value is -1.14. The van der Waals surface area contributed by atoms with Crippen molar-refractivity contribution in [2.75, 3.05) is 39.5 Å². The Morgan fingerprint density at radius 3 is 1.63 bits per heavy atom. The zero-order valence-electron chi connectivity index (χ0n) is 33.6. The monoisotopic (exact) mass is 696 g/mol. The smallest absolute Gasteiger partial charge is 0.305 e. The summed E-state index contributed by atoms with van der Waals surface area (Å²) in [6.45, 7) is 15.7. The van der Waals surface area contributed by atoms with Crippen LogP contribution in [-0.2, 0) is 19.1 Å². The summed E-state index contributed by atoms with van der Waals surface area (Å²) in [5.74, 6) is 0.781. The Morgan fingerprint density at radius 2 is 1.02 bits per heavy atom. The molecule has 292 valence electrons. The highest BCUT2D eigenvalue weighted by Gasteiger charge is 2.20. The van der Waals surface area contributed by atoms with E-state index in [4.69, 9.17) is 9.47 Å². The van der Waals surface area contributed by atoms with E-state index in [1.54, 1.807) is 0 Å². The molecule has 0 unspecified atom stereocenters. The molecule has 0 aliphatic carbocycles. The normalized spacial score (nSPS) is 11.9. The summed E-state index contributed by atoms with van der Waals surface area (Å²) in [7, 11) is 0. The molecule has 0 saturated heterocycles. The van der Waals surface area contributed by atoms with Gasteiger partial charge in [-0.15, -0.1) is 0 Å². The van der Waals surface area contributed by atoms with Crippen LogP contribution in [0.3, 0.4) is 0 Å². The number of hydrogen-bond donors (Lipinski definition) is 1. The lowest BCUT2D eigenvalue weighted by Crippen LogP contribution is -2.28. The number of nitrogens with zero attached hydrogens (tertiary/aromatic N) is 1. The molecule has 0 aromatic carbocycles. The molecule has 0 rings (SSSR count). The number of hydrogen-bond acceptors (Lipinski definition) is 6. The molecular weight excluding hydrogens is 610 g/mol. The second-order valence-corrected chi connectivity index (χ2v) is 15.8. The van der Waals surface area contributed by atoms with Gasteiger partial charge in [0, 0.05) is 26.0 Å². The average Bonchev–Trinajstić information content (AvgIpc) is 3.09. The first-order chi connectivity index (χ1) is 23.8. The molecule has 0 spiro atoms. The minimum atomic E-state index is -0.0277. The summed E-state index contributed by atoms with van der Waals surface area (Å²) in [5.41, 5.74) is 0.0158. The minimum absolute atomic E-state index is 0.0158.